The molecule has 1 aliphatic heterocycles. The minimum absolute atomic E-state index is 0.0381. The first-order chi connectivity index (χ1) is 8.60. The Kier molecular flexibility index (Phi) is 2.67. The number of phenolic OH excluding ortho intramolecular Hbond substituents is 1. The SMILES string of the molecule is [B]C([B])(c1c[nH]c2cccc(O)c12)[C@H]1CCCN1. The number of H-pyrrole nitrogens is 1. The van der Waals surface area contributed by atoms with Crippen molar-refractivity contribution in [1.29, 1.82) is 0 Å². The van der Waals surface area contributed by atoms with Gasteiger partial charge in [-0.25, -0.2) is 0 Å². The summed E-state index contributed by atoms with van der Waals surface area (Å²) in [5, 5.41) is 13.1. The predicted octanol–water partition coefficient (Wildman–Crippen LogP) is 1.12. The topological polar surface area (TPSA) is 48.0 Å². The molecular weight excluding hydrogens is 222 g/mol. The fraction of sp³-hybridized carbons (Fsp3) is 0.385. The number of benzene rings is 1. The lowest BCUT2D eigenvalue weighted by Gasteiger charge is -2.33. The molecule has 1 aromatic heterocycles. The lowest BCUT2D eigenvalue weighted by atomic mass is 9.47. The van der Waals surface area contributed by atoms with Gasteiger partial charge in [-0.1, -0.05) is 11.3 Å². The maximum absolute atomic E-state index is 10.00. The molecule has 0 spiro atoms. The Bertz CT molecular complexity index is 573. The van der Waals surface area contributed by atoms with Crippen molar-refractivity contribution in [3.05, 3.63) is 30.0 Å². The minimum atomic E-state index is -0.979. The summed E-state index contributed by atoms with van der Waals surface area (Å²) in [4.78, 5) is 3.11. The maximum Gasteiger partial charge on any atom is 0.125 e. The van der Waals surface area contributed by atoms with E-state index in [9.17, 15) is 5.11 Å². The molecule has 2 heterocycles. The van der Waals surface area contributed by atoms with Crippen LogP contribution in [0.2, 0.25) is 0 Å². The van der Waals surface area contributed by atoms with Gasteiger partial charge in [0.1, 0.15) is 5.75 Å². The Morgan fingerprint density at radius 2 is 2.17 bits per heavy atom. The Balaban J connectivity index is 2.13. The third-order valence-corrected chi connectivity index (χ3v) is 3.79. The summed E-state index contributed by atoms with van der Waals surface area (Å²) in [6.07, 6.45) is 3.83. The second-order valence-corrected chi connectivity index (χ2v) is 4.98. The Morgan fingerprint density at radius 3 is 2.89 bits per heavy atom. The number of phenols is 1. The number of rotatable bonds is 2. The van der Waals surface area contributed by atoms with E-state index in [2.05, 4.69) is 10.3 Å². The van der Waals surface area contributed by atoms with Crippen LogP contribution in [0.4, 0.5) is 0 Å². The van der Waals surface area contributed by atoms with Gasteiger partial charge in [0.25, 0.3) is 0 Å². The molecule has 0 bridgehead atoms. The Morgan fingerprint density at radius 1 is 1.33 bits per heavy atom. The molecule has 0 amide bonds. The van der Waals surface area contributed by atoms with E-state index in [1.165, 1.54) is 0 Å². The van der Waals surface area contributed by atoms with E-state index in [-0.39, 0.29) is 11.8 Å². The molecule has 0 aliphatic carbocycles. The van der Waals surface area contributed by atoms with Gasteiger partial charge < -0.3 is 15.4 Å². The highest BCUT2D eigenvalue weighted by molar-refractivity contribution is 6.41. The van der Waals surface area contributed by atoms with Gasteiger partial charge in [0.05, 0.1) is 15.7 Å². The number of aromatic hydroxyl groups is 1. The molecule has 0 unspecified atom stereocenters. The van der Waals surface area contributed by atoms with Crippen LogP contribution in [0.5, 0.6) is 5.75 Å². The molecule has 1 saturated heterocycles. The first-order valence-electron chi connectivity index (χ1n) is 6.21. The summed E-state index contributed by atoms with van der Waals surface area (Å²) < 4.78 is 0. The van der Waals surface area contributed by atoms with E-state index in [4.69, 9.17) is 15.7 Å². The summed E-state index contributed by atoms with van der Waals surface area (Å²) in [6.45, 7) is 0.940. The smallest absolute Gasteiger partial charge is 0.125 e. The number of aromatic amines is 1. The third-order valence-electron chi connectivity index (χ3n) is 3.79. The van der Waals surface area contributed by atoms with Crippen LogP contribution in [0.15, 0.2) is 24.4 Å². The van der Waals surface area contributed by atoms with Gasteiger partial charge >= 0.3 is 0 Å². The first kappa shape index (κ1) is 11.7. The van der Waals surface area contributed by atoms with Gasteiger partial charge in [-0.05, 0) is 37.1 Å². The molecule has 3 N–H and O–H groups in total. The van der Waals surface area contributed by atoms with Crippen molar-refractivity contribution < 1.29 is 5.11 Å². The fourth-order valence-corrected chi connectivity index (χ4v) is 2.79. The molecule has 1 aliphatic rings. The van der Waals surface area contributed by atoms with Crippen molar-refractivity contribution in [3.63, 3.8) is 0 Å². The number of hydrogen-bond donors (Lipinski definition) is 3. The van der Waals surface area contributed by atoms with Crippen LogP contribution in [0.3, 0.4) is 0 Å². The van der Waals surface area contributed by atoms with Crippen molar-refractivity contribution >= 4 is 26.6 Å². The normalized spacial score (nSPS) is 20.6. The van der Waals surface area contributed by atoms with Crippen LogP contribution in [-0.4, -0.2) is 38.4 Å². The number of hydrogen-bond acceptors (Lipinski definition) is 2. The van der Waals surface area contributed by atoms with E-state index in [1.807, 2.05) is 6.07 Å². The highest BCUT2D eigenvalue weighted by Gasteiger charge is 2.34. The monoisotopic (exact) mass is 236 g/mol. The van der Waals surface area contributed by atoms with Gasteiger partial charge in [-0.2, -0.15) is 0 Å². The van der Waals surface area contributed by atoms with Crippen molar-refractivity contribution in [3.8, 4) is 5.75 Å². The molecule has 18 heavy (non-hydrogen) atoms. The molecule has 0 saturated carbocycles. The van der Waals surface area contributed by atoms with Gasteiger partial charge in [-0.15, -0.1) is 0 Å². The lowest BCUT2D eigenvalue weighted by Crippen LogP contribution is -2.46. The Labute approximate surface area is 109 Å². The molecule has 3 rings (SSSR count). The quantitative estimate of drug-likeness (QED) is 0.684. The van der Waals surface area contributed by atoms with Crippen LogP contribution in [0.25, 0.3) is 10.9 Å². The largest absolute Gasteiger partial charge is 0.507 e. The van der Waals surface area contributed by atoms with Crippen molar-refractivity contribution in [2.45, 2.75) is 24.1 Å². The van der Waals surface area contributed by atoms with Crippen LogP contribution in [0, 0.1) is 0 Å². The zero-order valence-electron chi connectivity index (χ0n) is 10.1. The standard InChI is InChI=1S/C13H14B2N2O/c14-13(15,11-5-2-6-16-11)8-7-17-9-3-1-4-10(18)12(8)9/h1,3-4,7,11,16-18H,2,5-6H2/t11-/m1/s1. The van der Waals surface area contributed by atoms with E-state index in [1.54, 1.807) is 18.3 Å². The summed E-state index contributed by atoms with van der Waals surface area (Å²) in [7, 11) is 12.6. The minimum Gasteiger partial charge on any atom is -0.507 e. The average molecular weight is 236 g/mol. The second-order valence-electron chi connectivity index (χ2n) is 4.98. The Hall–Kier alpha value is -1.35. The lowest BCUT2D eigenvalue weighted by molar-refractivity contribution is 0.480. The molecule has 1 atom stereocenters. The molecule has 1 fully saturated rings. The summed E-state index contributed by atoms with van der Waals surface area (Å²) in [6, 6.07) is 5.38. The molecule has 1 aromatic carbocycles. The molecule has 3 nitrogen and oxygen atoms in total. The van der Waals surface area contributed by atoms with Gasteiger partial charge in [0.2, 0.25) is 0 Å². The summed E-state index contributed by atoms with van der Waals surface area (Å²) in [5.74, 6) is 0.210. The molecule has 2 aromatic rings. The number of fused-ring (bicyclic) bond motifs is 1. The van der Waals surface area contributed by atoms with E-state index < -0.39 is 5.21 Å². The zero-order chi connectivity index (χ0) is 12.8. The van der Waals surface area contributed by atoms with E-state index in [0.717, 1.165) is 35.9 Å². The van der Waals surface area contributed by atoms with Crippen LogP contribution in [-0.2, 0) is 5.21 Å². The number of aromatic nitrogens is 1. The molecule has 88 valence electrons. The summed E-state index contributed by atoms with van der Waals surface area (Å²) in [5.41, 5.74) is 1.61. The van der Waals surface area contributed by atoms with Crippen LogP contribution < -0.4 is 5.32 Å². The maximum atomic E-state index is 10.00. The predicted molar refractivity (Wildman–Crippen MR) is 74.2 cm³/mol. The van der Waals surface area contributed by atoms with E-state index >= 15 is 0 Å². The number of nitrogens with one attached hydrogen (secondary N) is 2. The highest BCUT2D eigenvalue weighted by Crippen LogP contribution is 2.36. The first-order valence-corrected chi connectivity index (χ1v) is 6.21. The van der Waals surface area contributed by atoms with Crippen molar-refractivity contribution in [2.75, 3.05) is 6.54 Å². The van der Waals surface area contributed by atoms with Crippen molar-refractivity contribution in [1.82, 2.24) is 10.3 Å². The second kappa shape index (κ2) is 4.09. The fourth-order valence-electron chi connectivity index (χ4n) is 2.79. The van der Waals surface area contributed by atoms with Crippen LogP contribution in [0.1, 0.15) is 18.4 Å². The van der Waals surface area contributed by atoms with E-state index in [0.29, 0.717) is 0 Å². The molecular formula is C13H14B2N2O. The molecule has 4 radical (unpaired) electrons. The zero-order valence-corrected chi connectivity index (χ0v) is 10.1. The van der Waals surface area contributed by atoms with Crippen molar-refractivity contribution in [2.24, 2.45) is 0 Å². The van der Waals surface area contributed by atoms with Gasteiger partial charge in [0.15, 0.2) is 0 Å². The molecule has 5 heteroatoms. The van der Waals surface area contributed by atoms with Gasteiger partial charge in [-0.3, -0.25) is 0 Å². The van der Waals surface area contributed by atoms with Crippen LogP contribution >= 0.6 is 0 Å². The summed E-state index contributed by atoms with van der Waals surface area (Å²) >= 11 is 0. The highest BCUT2D eigenvalue weighted by atomic mass is 16.3. The average Bonchev–Trinajstić information content (AvgIpc) is 2.99. The third kappa shape index (κ3) is 1.65. The van der Waals surface area contributed by atoms with Gasteiger partial charge in [0, 0.05) is 23.1 Å².